The van der Waals surface area contributed by atoms with Crippen molar-refractivity contribution in [2.45, 2.75) is 0 Å². The van der Waals surface area contributed by atoms with E-state index in [1.54, 1.807) is 36.4 Å². The molecule has 0 unspecified atom stereocenters. The van der Waals surface area contributed by atoms with Crippen LogP contribution < -0.4 is 4.74 Å². The van der Waals surface area contributed by atoms with Gasteiger partial charge in [-0.3, -0.25) is 4.79 Å². The Morgan fingerprint density at radius 1 is 0.917 bits per heavy atom. The standard InChI is InChI=1S/C19H10Cl2O3/c20-12-3-1-2-11(8-12)16-7-5-14(23-16)10-18-19(22)15-9-13(21)4-6-17(15)24-18/h1-10H/b18-10-. The smallest absolute Gasteiger partial charge is 0.232 e. The first kappa shape index (κ1) is 15.1. The number of Topliss-reactive ketones (excluding diaryl/α,β-unsaturated/α-hetero) is 1. The van der Waals surface area contributed by atoms with E-state index >= 15 is 0 Å². The van der Waals surface area contributed by atoms with Crippen LogP contribution in [0.3, 0.4) is 0 Å². The molecule has 1 aliphatic heterocycles. The number of carbonyl (C=O) groups is 1. The highest BCUT2D eigenvalue weighted by atomic mass is 35.5. The molecule has 0 saturated heterocycles. The average molecular weight is 357 g/mol. The lowest BCUT2D eigenvalue weighted by Crippen LogP contribution is -1.97. The topological polar surface area (TPSA) is 39.4 Å². The first-order valence-electron chi connectivity index (χ1n) is 7.20. The van der Waals surface area contributed by atoms with Gasteiger partial charge in [0.1, 0.15) is 17.3 Å². The second-order valence-electron chi connectivity index (χ2n) is 5.29. The summed E-state index contributed by atoms with van der Waals surface area (Å²) in [5, 5.41) is 1.12. The highest BCUT2D eigenvalue weighted by Gasteiger charge is 2.27. The Morgan fingerprint density at radius 3 is 2.58 bits per heavy atom. The monoisotopic (exact) mass is 356 g/mol. The summed E-state index contributed by atoms with van der Waals surface area (Å²) in [6, 6.07) is 15.9. The molecule has 2 heterocycles. The molecule has 0 amide bonds. The molecule has 0 spiro atoms. The van der Waals surface area contributed by atoms with Crippen molar-refractivity contribution in [3.05, 3.63) is 81.7 Å². The molecule has 0 fully saturated rings. The van der Waals surface area contributed by atoms with Crippen LogP contribution in [0.15, 0.2) is 64.8 Å². The Hall–Kier alpha value is -2.49. The van der Waals surface area contributed by atoms with Crippen molar-refractivity contribution < 1.29 is 13.9 Å². The van der Waals surface area contributed by atoms with Crippen molar-refractivity contribution in [1.82, 2.24) is 0 Å². The van der Waals surface area contributed by atoms with Gasteiger partial charge in [0, 0.05) is 21.7 Å². The first-order valence-corrected chi connectivity index (χ1v) is 7.95. The minimum absolute atomic E-state index is 0.208. The van der Waals surface area contributed by atoms with Crippen LogP contribution in [-0.2, 0) is 0 Å². The summed E-state index contributed by atoms with van der Waals surface area (Å²) in [5.41, 5.74) is 1.32. The van der Waals surface area contributed by atoms with Gasteiger partial charge in [0.05, 0.1) is 5.56 Å². The summed E-state index contributed by atoms with van der Waals surface area (Å²) in [5.74, 6) is 1.67. The number of ketones is 1. The number of hydrogen-bond acceptors (Lipinski definition) is 3. The van der Waals surface area contributed by atoms with Crippen LogP contribution in [0.1, 0.15) is 16.1 Å². The predicted octanol–water partition coefficient (Wildman–Crippen LogP) is 5.87. The lowest BCUT2D eigenvalue weighted by Gasteiger charge is -1.98. The zero-order valence-corrected chi connectivity index (χ0v) is 13.8. The Bertz CT molecular complexity index is 986. The molecule has 0 bridgehead atoms. The second-order valence-corrected chi connectivity index (χ2v) is 6.17. The lowest BCUT2D eigenvalue weighted by atomic mass is 10.1. The van der Waals surface area contributed by atoms with E-state index in [0.717, 1.165) is 5.56 Å². The van der Waals surface area contributed by atoms with E-state index in [4.69, 9.17) is 32.4 Å². The molecule has 3 nitrogen and oxygen atoms in total. The van der Waals surface area contributed by atoms with Gasteiger partial charge in [-0.25, -0.2) is 0 Å². The summed E-state index contributed by atoms with van der Waals surface area (Å²) in [7, 11) is 0. The van der Waals surface area contributed by atoms with E-state index in [1.165, 1.54) is 0 Å². The molecule has 118 valence electrons. The number of hydrogen-bond donors (Lipinski definition) is 0. The van der Waals surface area contributed by atoms with E-state index in [1.807, 2.05) is 24.3 Å². The molecule has 1 aromatic heterocycles. The second kappa shape index (κ2) is 5.86. The third-order valence-electron chi connectivity index (χ3n) is 3.64. The van der Waals surface area contributed by atoms with Gasteiger partial charge < -0.3 is 9.15 Å². The van der Waals surface area contributed by atoms with Crippen LogP contribution >= 0.6 is 23.2 Å². The van der Waals surface area contributed by atoms with Gasteiger partial charge in [0.2, 0.25) is 5.78 Å². The van der Waals surface area contributed by atoms with Crippen LogP contribution in [0.2, 0.25) is 10.0 Å². The van der Waals surface area contributed by atoms with Crippen molar-refractivity contribution in [3.8, 4) is 17.1 Å². The highest BCUT2D eigenvalue weighted by Crippen LogP contribution is 2.34. The van der Waals surface area contributed by atoms with Crippen LogP contribution in [0.4, 0.5) is 0 Å². The molecule has 4 rings (SSSR count). The van der Waals surface area contributed by atoms with E-state index < -0.39 is 0 Å². The minimum Gasteiger partial charge on any atom is -0.457 e. The highest BCUT2D eigenvalue weighted by molar-refractivity contribution is 6.31. The van der Waals surface area contributed by atoms with E-state index in [9.17, 15) is 4.79 Å². The van der Waals surface area contributed by atoms with Crippen molar-refractivity contribution >= 4 is 35.1 Å². The normalized spacial score (nSPS) is 14.8. The number of benzene rings is 2. The van der Waals surface area contributed by atoms with E-state index in [2.05, 4.69) is 0 Å². The summed E-state index contributed by atoms with van der Waals surface area (Å²) in [6.45, 7) is 0. The summed E-state index contributed by atoms with van der Waals surface area (Å²) in [4.78, 5) is 12.4. The average Bonchev–Trinajstić information content (AvgIpc) is 3.14. The zero-order valence-electron chi connectivity index (χ0n) is 12.3. The van der Waals surface area contributed by atoms with Gasteiger partial charge in [-0.1, -0.05) is 35.3 Å². The van der Waals surface area contributed by atoms with Gasteiger partial charge >= 0.3 is 0 Å². The Labute approximate surface area is 148 Å². The first-order chi connectivity index (χ1) is 11.6. The zero-order chi connectivity index (χ0) is 16.7. The van der Waals surface area contributed by atoms with E-state index in [0.29, 0.717) is 32.9 Å². The Balaban J connectivity index is 1.65. The van der Waals surface area contributed by atoms with Crippen LogP contribution in [0.5, 0.6) is 5.75 Å². The molecule has 0 atom stereocenters. The molecule has 24 heavy (non-hydrogen) atoms. The minimum atomic E-state index is -0.215. The third kappa shape index (κ3) is 2.73. The largest absolute Gasteiger partial charge is 0.457 e. The fraction of sp³-hybridized carbons (Fsp3) is 0. The molecule has 0 radical (unpaired) electrons. The van der Waals surface area contributed by atoms with Crippen molar-refractivity contribution in [2.75, 3.05) is 0 Å². The molecule has 0 saturated carbocycles. The molecular weight excluding hydrogens is 347 g/mol. The Kier molecular flexibility index (Phi) is 3.68. The third-order valence-corrected chi connectivity index (χ3v) is 4.11. The Morgan fingerprint density at radius 2 is 1.75 bits per heavy atom. The molecular formula is C19H10Cl2O3. The number of rotatable bonds is 2. The maximum absolute atomic E-state index is 12.4. The quantitative estimate of drug-likeness (QED) is 0.539. The van der Waals surface area contributed by atoms with Gasteiger partial charge in [0.15, 0.2) is 5.76 Å². The molecule has 0 N–H and O–H groups in total. The number of halogens is 2. The maximum Gasteiger partial charge on any atom is 0.232 e. The number of fused-ring (bicyclic) bond motifs is 1. The van der Waals surface area contributed by atoms with Crippen LogP contribution in [-0.4, -0.2) is 5.78 Å². The number of furan rings is 1. The molecule has 2 aromatic carbocycles. The molecule has 0 aliphatic carbocycles. The fourth-order valence-electron chi connectivity index (χ4n) is 2.52. The number of ether oxygens (including phenoxy) is 1. The van der Waals surface area contributed by atoms with Crippen molar-refractivity contribution in [3.63, 3.8) is 0 Å². The summed E-state index contributed by atoms with van der Waals surface area (Å²) in [6.07, 6.45) is 1.57. The lowest BCUT2D eigenvalue weighted by molar-refractivity contribution is 0.101. The SMILES string of the molecule is O=C1/C(=C/c2ccc(-c3cccc(Cl)c3)o2)Oc2ccc(Cl)cc21. The van der Waals surface area contributed by atoms with Crippen LogP contribution in [0.25, 0.3) is 17.4 Å². The maximum atomic E-state index is 12.4. The molecule has 3 aromatic rings. The van der Waals surface area contributed by atoms with Crippen molar-refractivity contribution in [2.24, 2.45) is 0 Å². The fourth-order valence-corrected chi connectivity index (χ4v) is 2.88. The van der Waals surface area contributed by atoms with Gasteiger partial charge in [-0.15, -0.1) is 0 Å². The molecule has 5 heteroatoms. The molecule has 1 aliphatic rings. The number of allylic oxidation sites excluding steroid dienone is 1. The van der Waals surface area contributed by atoms with Crippen LogP contribution in [0, 0.1) is 0 Å². The van der Waals surface area contributed by atoms with Gasteiger partial charge in [-0.05, 0) is 42.5 Å². The van der Waals surface area contributed by atoms with E-state index in [-0.39, 0.29) is 11.5 Å². The van der Waals surface area contributed by atoms with Crippen molar-refractivity contribution in [1.29, 1.82) is 0 Å². The predicted molar refractivity (Wildman–Crippen MR) is 93.5 cm³/mol. The van der Waals surface area contributed by atoms with Gasteiger partial charge in [-0.2, -0.15) is 0 Å². The summed E-state index contributed by atoms with van der Waals surface area (Å²) < 4.78 is 11.3. The van der Waals surface area contributed by atoms with Gasteiger partial charge in [0.25, 0.3) is 0 Å². The number of carbonyl (C=O) groups excluding carboxylic acids is 1. The summed E-state index contributed by atoms with van der Waals surface area (Å²) >= 11 is 11.9.